The molecular formula is C10H9Cl2NO3. The first-order valence-electron chi connectivity index (χ1n) is 4.37. The summed E-state index contributed by atoms with van der Waals surface area (Å²) in [7, 11) is 0. The molecule has 0 aliphatic heterocycles. The van der Waals surface area contributed by atoms with E-state index in [-0.39, 0.29) is 22.4 Å². The van der Waals surface area contributed by atoms with Crippen LogP contribution in [0.2, 0.25) is 10.0 Å². The molecular weight excluding hydrogens is 253 g/mol. The highest BCUT2D eigenvalue weighted by molar-refractivity contribution is 6.39. The molecule has 16 heavy (non-hydrogen) atoms. The number of hydrogen-bond donors (Lipinski definition) is 2. The first kappa shape index (κ1) is 12.8. The highest BCUT2D eigenvalue weighted by Crippen LogP contribution is 2.31. The number of carboxylic acid groups (broad SMARTS) is 1. The summed E-state index contributed by atoms with van der Waals surface area (Å²) < 4.78 is 0. The molecule has 0 aliphatic carbocycles. The molecule has 0 heterocycles. The Bertz CT molecular complexity index is 423. The molecule has 0 radical (unpaired) electrons. The average Bonchev–Trinajstić information content (AvgIpc) is 2.10. The van der Waals surface area contributed by atoms with Crippen LogP contribution in [0.25, 0.3) is 0 Å². The van der Waals surface area contributed by atoms with Crippen LogP contribution in [-0.4, -0.2) is 17.0 Å². The molecule has 1 rings (SSSR count). The number of carboxylic acids is 1. The number of hydrogen-bond acceptors (Lipinski definition) is 2. The van der Waals surface area contributed by atoms with Gasteiger partial charge in [0.2, 0.25) is 5.91 Å². The lowest BCUT2D eigenvalue weighted by molar-refractivity contribution is -0.136. The van der Waals surface area contributed by atoms with Gasteiger partial charge in [-0.3, -0.25) is 9.59 Å². The molecule has 1 aromatic rings. The summed E-state index contributed by atoms with van der Waals surface area (Å²) >= 11 is 11.7. The highest BCUT2D eigenvalue weighted by Gasteiger charge is 2.11. The number of amides is 1. The maximum absolute atomic E-state index is 10.9. The van der Waals surface area contributed by atoms with Gasteiger partial charge >= 0.3 is 5.97 Å². The number of carbonyl (C=O) groups excluding carboxylic acids is 1. The van der Waals surface area contributed by atoms with Gasteiger partial charge in [-0.25, -0.2) is 0 Å². The molecule has 0 fully saturated rings. The van der Waals surface area contributed by atoms with Crippen LogP contribution in [0.3, 0.4) is 0 Å². The Labute approximate surface area is 102 Å². The molecule has 0 unspecified atom stereocenters. The van der Waals surface area contributed by atoms with E-state index in [1.165, 1.54) is 19.1 Å². The van der Waals surface area contributed by atoms with Gasteiger partial charge in [-0.2, -0.15) is 0 Å². The lowest BCUT2D eigenvalue weighted by atomic mass is 10.1. The molecule has 0 atom stereocenters. The van der Waals surface area contributed by atoms with Crippen LogP contribution >= 0.6 is 23.2 Å². The molecule has 0 saturated heterocycles. The van der Waals surface area contributed by atoms with Gasteiger partial charge in [0.25, 0.3) is 0 Å². The minimum atomic E-state index is -0.973. The van der Waals surface area contributed by atoms with E-state index >= 15 is 0 Å². The van der Waals surface area contributed by atoms with Crippen molar-refractivity contribution in [3.05, 3.63) is 27.7 Å². The van der Waals surface area contributed by atoms with Crippen LogP contribution in [0.1, 0.15) is 12.5 Å². The van der Waals surface area contributed by atoms with Gasteiger partial charge in [-0.05, 0) is 17.7 Å². The highest BCUT2D eigenvalue weighted by atomic mass is 35.5. The number of halogens is 2. The third kappa shape index (κ3) is 3.40. The van der Waals surface area contributed by atoms with Crippen LogP contribution < -0.4 is 5.32 Å². The fourth-order valence-corrected chi connectivity index (χ4v) is 1.82. The summed E-state index contributed by atoms with van der Waals surface area (Å²) in [5.41, 5.74) is 0.779. The van der Waals surface area contributed by atoms with Gasteiger partial charge in [0.1, 0.15) is 0 Å². The van der Waals surface area contributed by atoms with Crippen molar-refractivity contribution < 1.29 is 14.7 Å². The van der Waals surface area contributed by atoms with E-state index < -0.39 is 5.97 Å². The number of carbonyl (C=O) groups is 2. The molecule has 6 heteroatoms. The lowest BCUT2D eigenvalue weighted by Gasteiger charge is -2.09. The van der Waals surface area contributed by atoms with E-state index in [1.807, 2.05) is 0 Å². The second-order valence-corrected chi connectivity index (χ2v) is 4.00. The third-order valence-corrected chi connectivity index (χ3v) is 2.35. The Morgan fingerprint density at radius 2 is 1.81 bits per heavy atom. The smallest absolute Gasteiger partial charge is 0.307 e. The molecule has 0 aromatic heterocycles. The molecule has 0 saturated carbocycles. The van der Waals surface area contributed by atoms with Crippen molar-refractivity contribution in [2.45, 2.75) is 13.3 Å². The summed E-state index contributed by atoms with van der Waals surface area (Å²) in [6.45, 7) is 1.33. The maximum atomic E-state index is 10.9. The van der Waals surface area contributed by atoms with E-state index in [0.717, 1.165) is 0 Å². The van der Waals surface area contributed by atoms with Crippen molar-refractivity contribution in [3.8, 4) is 0 Å². The van der Waals surface area contributed by atoms with E-state index in [2.05, 4.69) is 5.32 Å². The van der Waals surface area contributed by atoms with Crippen LogP contribution in [0, 0.1) is 0 Å². The molecule has 1 amide bonds. The fourth-order valence-electron chi connectivity index (χ4n) is 1.20. The summed E-state index contributed by atoms with van der Waals surface area (Å²) in [6.07, 6.45) is -0.167. The predicted octanol–water partition coefficient (Wildman–Crippen LogP) is 2.58. The molecule has 86 valence electrons. The van der Waals surface area contributed by atoms with E-state index in [9.17, 15) is 9.59 Å². The molecule has 2 N–H and O–H groups in total. The minimum absolute atomic E-state index is 0.167. The summed E-state index contributed by atoms with van der Waals surface area (Å²) in [6, 6.07) is 2.93. The molecule has 0 bridgehead atoms. The van der Waals surface area contributed by atoms with Gasteiger partial charge < -0.3 is 10.4 Å². The zero-order chi connectivity index (χ0) is 12.3. The molecule has 0 spiro atoms. The van der Waals surface area contributed by atoms with Crippen molar-refractivity contribution in [1.29, 1.82) is 0 Å². The van der Waals surface area contributed by atoms with Crippen LogP contribution in [0.4, 0.5) is 5.69 Å². The number of aliphatic carboxylic acids is 1. The Hall–Kier alpha value is -1.26. The summed E-state index contributed by atoms with van der Waals surface area (Å²) in [5, 5.41) is 11.5. The third-order valence-electron chi connectivity index (χ3n) is 1.76. The number of nitrogens with one attached hydrogen (secondary N) is 1. The van der Waals surface area contributed by atoms with E-state index in [0.29, 0.717) is 11.3 Å². The number of benzene rings is 1. The van der Waals surface area contributed by atoms with Crippen molar-refractivity contribution in [3.63, 3.8) is 0 Å². The lowest BCUT2D eigenvalue weighted by Crippen LogP contribution is -2.08. The van der Waals surface area contributed by atoms with Crippen molar-refractivity contribution in [2.75, 3.05) is 5.32 Å². The van der Waals surface area contributed by atoms with E-state index in [1.54, 1.807) is 0 Å². The van der Waals surface area contributed by atoms with Crippen LogP contribution in [0.5, 0.6) is 0 Å². The number of anilines is 1. The monoisotopic (exact) mass is 261 g/mol. The first-order chi connectivity index (χ1) is 7.40. The summed E-state index contributed by atoms with van der Waals surface area (Å²) in [4.78, 5) is 21.4. The Morgan fingerprint density at radius 1 is 1.31 bits per heavy atom. The Morgan fingerprint density at radius 3 is 2.19 bits per heavy atom. The quantitative estimate of drug-likeness (QED) is 0.879. The second kappa shape index (κ2) is 5.18. The normalized spacial score (nSPS) is 9.94. The molecule has 4 nitrogen and oxygen atoms in total. The van der Waals surface area contributed by atoms with Crippen molar-refractivity contribution in [1.82, 2.24) is 0 Å². The van der Waals surface area contributed by atoms with Crippen molar-refractivity contribution >= 4 is 40.8 Å². The Balaban J connectivity index is 3.06. The van der Waals surface area contributed by atoms with E-state index in [4.69, 9.17) is 28.3 Å². The first-order valence-corrected chi connectivity index (χ1v) is 5.13. The maximum Gasteiger partial charge on any atom is 0.307 e. The zero-order valence-corrected chi connectivity index (χ0v) is 9.89. The van der Waals surface area contributed by atoms with Gasteiger partial charge in [0, 0.05) is 6.92 Å². The topological polar surface area (TPSA) is 66.4 Å². The van der Waals surface area contributed by atoms with Crippen molar-refractivity contribution in [2.24, 2.45) is 0 Å². The molecule has 1 aromatic carbocycles. The van der Waals surface area contributed by atoms with Gasteiger partial charge in [-0.15, -0.1) is 0 Å². The number of rotatable bonds is 3. The molecule has 0 aliphatic rings. The van der Waals surface area contributed by atoms with Gasteiger partial charge in [0.05, 0.1) is 22.2 Å². The summed E-state index contributed by atoms with van der Waals surface area (Å²) in [5.74, 6) is -1.27. The Kier molecular flexibility index (Phi) is 4.15. The largest absolute Gasteiger partial charge is 0.481 e. The predicted molar refractivity (Wildman–Crippen MR) is 62.1 cm³/mol. The van der Waals surface area contributed by atoms with Gasteiger partial charge in [-0.1, -0.05) is 23.2 Å². The average molecular weight is 262 g/mol. The fraction of sp³-hybridized carbons (Fsp3) is 0.200. The SMILES string of the molecule is CC(=O)Nc1c(Cl)cc(CC(=O)O)cc1Cl. The van der Waals surface area contributed by atoms with Gasteiger partial charge in [0.15, 0.2) is 0 Å². The standard InChI is InChI=1S/C10H9Cl2NO3/c1-5(14)13-10-7(11)2-6(3-8(10)12)4-9(15)16/h2-3H,4H2,1H3,(H,13,14)(H,15,16). The van der Waals surface area contributed by atoms with Crippen LogP contribution in [0.15, 0.2) is 12.1 Å². The zero-order valence-electron chi connectivity index (χ0n) is 8.38. The minimum Gasteiger partial charge on any atom is -0.481 e. The van der Waals surface area contributed by atoms with Crippen LogP contribution in [-0.2, 0) is 16.0 Å². The second-order valence-electron chi connectivity index (χ2n) is 3.19.